The average molecular weight is 344 g/mol. The Morgan fingerprint density at radius 2 is 2.00 bits per heavy atom. The minimum atomic E-state index is -0.534. The molecule has 0 spiro atoms. The number of para-hydroxylation sites is 1. The maximum Gasteiger partial charge on any atom is 0.251 e. The molecule has 2 N–H and O–H groups in total. The highest BCUT2D eigenvalue weighted by Gasteiger charge is 2.25. The third kappa shape index (κ3) is 4.78. The van der Waals surface area contributed by atoms with Crippen LogP contribution in [0.4, 0.5) is 4.39 Å². The lowest BCUT2D eigenvalue weighted by Gasteiger charge is -2.26. The first kappa shape index (κ1) is 17.4. The Morgan fingerprint density at radius 1 is 1.24 bits per heavy atom. The predicted octanol–water partition coefficient (Wildman–Crippen LogP) is 2.05. The molecular weight excluding hydrogens is 323 g/mol. The van der Waals surface area contributed by atoms with Gasteiger partial charge in [-0.05, 0) is 17.7 Å². The molecule has 0 saturated carbocycles. The molecule has 1 fully saturated rings. The van der Waals surface area contributed by atoms with E-state index in [1.165, 1.54) is 6.07 Å². The summed E-state index contributed by atoms with van der Waals surface area (Å²) < 4.78 is 24.8. The van der Waals surface area contributed by atoms with Crippen molar-refractivity contribution >= 4 is 5.91 Å². The van der Waals surface area contributed by atoms with Crippen molar-refractivity contribution < 1.29 is 18.7 Å². The highest BCUT2D eigenvalue weighted by Crippen LogP contribution is 2.19. The average Bonchev–Trinajstić information content (AvgIpc) is 2.67. The Bertz CT molecular complexity index is 690. The molecule has 5 nitrogen and oxygen atoms in total. The van der Waals surface area contributed by atoms with E-state index in [0.717, 1.165) is 12.1 Å². The zero-order valence-corrected chi connectivity index (χ0v) is 13.8. The Hall–Kier alpha value is -2.44. The van der Waals surface area contributed by atoms with Gasteiger partial charge in [-0.3, -0.25) is 4.79 Å². The van der Waals surface area contributed by atoms with Crippen molar-refractivity contribution in [1.82, 2.24) is 10.6 Å². The zero-order valence-electron chi connectivity index (χ0n) is 13.8. The number of hydrogen-bond acceptors (Lipinski definition) is 4. The largest absolute Gasteiger partial charge is 0.488 e. The first-order valence-corrected chi connectivity index (χ1v) is 8.29. The second-order valence-electron chi connectivity index (χ2n) is 5.78. The molecule has 2 atom stereocenters. The third-order valence-electron chi connectivity index (χ3n) is 3.98. The van der Waals surface area contributed by atoms with Crippen molar-refractivity contribution in [2.75, 3.05) is 26.3 Å². The summed E-state index contributed by atoms with van der Waals surface area (Å²) in [5.74, 6) is -0.480. The van der Waals surface area contributed by atoms with Crippen LogP contribution in [0.1, 0.15) is 11.6 Å². The lowest BCUT2D eigenvalue weighted by atomic mass is 10.1. The highest BCUT2D eigenvalue weighted by molar-refractivity contribution is 5.81. The summed E-state index contributed by atoms with van der Waals surface area (Å²) in [4.78, 5) is 12.5. The predicted molar refractivity (Wildman–Crippen MR) is 91.8 cm³/mol. The molecule has 0 radical (unpaired) electrons. The summed E-state index contributed by atoms with van der Waals surface area (Å²) in [7, 11) is 0. The lowest BCUT2D eigenvalue weighted by Crippen LogP contribution is -2.49. The van der Waals surface area contributed by atoms with E-state index in [1.54, 1.807) is 18.2 Å². The van der Waals surface area contributed by atoms with E-state index in [-0.39, 0.29) is 18.3 Å². The third-order valence-corrected chi connectivity index (χ3v) is 3.98. The molecule has 6 heteroatoms. The molecule has 1 aliphatic rings. The van der Waals surface area contributed by atoms with E-state index in [2.05, 4.69) is 10.6 Å². The van der Waals surface area contributed by atoms with Gasteiger partial charge in [0.25, 0.3) is 5.91 Å². The molecule has 1 amide bonds. The number of carbonyl (C=O) groups is 1. The van der Waals surface area contributed by atoms with Gasteiger partial charge in [-0.1, -0.05) is 42.5 Å². The molecule has 2 unspecified atom stereocenters. The second kappa shape index (κ2) is 8.60. The number of benzene rings is 2. The fourth-order valence-corrected chi connectivity index (χ4v) is 2.64. The van der Waals surface area contributed by atoms with E-state index in [9.17, 15) is 9.18 Å². The van der Waals surface area contributed by atoms with Crippen molar-refractivity contribution in [3.8, 4) is 5.75 Å². The molecule has 0 bridgehead atoms. The molecule has 1 saturated heterocycles. The summed E-state index contributed by atoms with van der Waals surface area (Å²) in [5, 5.41) is 6.07. The molecule has 0 aromatic heterocycles. The van der Waals surface area contributed by atoms with Crippen LogP contribution in [0.5, 0.6) is 5.75 Å². The molecule has 2 aromatic carbocycles. The SMILES string of the molecule is O=C(NC(COc1ccccc1F)c1ccccc1)C1CNCCO1. The van der Waals surface area contributed by atoms with E-state index in [0.29, 0.717) is 13.2 Å². The second-order valence-corrected chi connectivity index (χ2v) is 5.78. The number of carbonyl (C=O) groups excluding carboxylic acids is 1. The fourth-order valence-electron chi connectivity index (χ4n) is 2.64. The minimum Gasteiger partial charge on any atom is -0.488 e. The van der Waals surface area contributed by atoms with Gasteiger partial charge < -0.3 is 20.1 Å². The van der Waals surface area contributed by atoms with Crippen LogP contribution in [-0.2, 0) is 9.53 Å². The number of halogens is 1. The van der Waals surface area contributed by atoms with E-state index in [1.807, 2.05) is 30.3 Å². The van der Waals surface area contributed by atoms with Gasteiger partial charge in [0.05, 0.1) is 12.6 Å². The molecule has 25 heavy (non-hydrogen) atoms. The van der Waals surface area contributed by atoms with Gasteiger partial charge in [0, 0.05) is 13.1 Å². The van der Waals surface area contributed by atoms with Gasteiger partial charge in [0.1, 0.15) is 12.7 Å². The van der Waals surface area contributed by atoms with Crippen LogP contribution in [0, 0.1) is 5.82 Å². The van der Waals surface area contributed by atoms with E-state index < -0.39 is 18.0 Å². The van der Waals surface area contributed by atoms with Crippen LogP contribution in [0.3, 0.4) is 0 Å². The molecule has 1 aliphatic heterocycles. The first-order valence-electron chi connectivity index (χ1n) is 8.29. The summed E-state index contributed by atoms with van der Waals surface area (Å²) in [6.45, 7) is 1.83. The zero-order chi connectivity index (χ0) is 17.5. The quantitative estimate of drug-likeness (QED) is 0.842. The maximum atomic E-state index is 13.8. The standard InChI is InChI=1S/C19H21FN2O3/c20-15-8-4-5-9-17(15)25-13-16(14-6-2-1-3-7-14)22-19(23)18-12-21-10-11-24-18/h1-9,16,18,21H,10-13H2,(H,22,23). The Morgan fingerprint density at radius 3 is 2.72 bits per heavy atom. The van der Waals surface area contributed by atoms with E-state index >= 15 is 0 Å². The van der Waals surface area contributed by atoms with Crippen LogP contribution in [-0.4, -0.2) is 38.3 Å². The molecule has 3 rings (SSSR count). The number of amides is 1. The minimum absolute atomic E-state index is 0.122. The lowest BCUT2D eigenvalue weighted by molar-refractivity contribution is -0.135. The highest BCUT2D eigenvalue weighted by atomic mass is 19.1. The number of morpholine rings is 1. The van der Waals surface area contributed by atoms with Gasteiger partial charge in [-0.2, -0.15) is 0 Å². The van der Waals surface area contributed by atoms with Gasteiger partial charge in [-0.15, -0.1) is 0 Å². The molecule has 0 aliphatic carbocycles. The van der Waals surface area contributed by atoms with E-state index in [4.69, 9.17) is 9.47 Å². The monoisotopic (exact) mass is 344 g/mol. The molecular formula is C19H21FN2O3. The topological polar surface area (TPSA) is 59.6 Å². The number of rotatable bonds is 6. The van der Waals surface area contributed by atoms with Gasteiger partial charge >= 0.3 is 0 Å². The van der Waals surface area contributed by atoms with Gasteiger partial charge in [0.2, 0.25) is 0 Å². The van der Waals surface area contributed by atoms with Crippen molar-refractivity contribution in [3.05, 3.63) is 66.0 Å². The van der Waals surface area contributed by atoms with Crippen LogP contribution in [0.15, 0.2) is 54.6 Å². The van der Waals surface area contributed by atoms with Gasteiger partial charge in [-0.25, -0.2) is 4.39 Å². The number of ether oxygens (including phenoxy) is 2. The molecule has 1 heterocycles. The number of nitrogens with one attached hydrogen (secondary N) is 2. The summed E-state index contributed by atoms with van der Waals surface area (Å²) >= 11 is 0. The Kier molecular flexibility index (Phi) is 5.98. The van der Waals surface area contributed by atoms with Gasteiger partial charge in [0.15, 0.2) is 11.6 Å². The van der Waals surface area contributed by atoms with Crippen LogP contribution in [0.2, 0.25) is 0 Å². The van der Waals surface area contributed by atoms with Crippen LogP contribution in [0.25, 0.3) is 0 Å². The van der Waals surface area contributed by atoms with Crippen molar-refractivity contribution in [2.45, 2.75) is 12.1 Å². The Labute approximate surface area is 146 Å². The normalized spacial score (nSPS) is 18.4. The molecule has 132 valence electrons. The summed E-state index contributed by atoms with van der Waals surface area (Å²) in [6, 6.07) is 15.3. The van der Waals surface area contributed by atoms with Crippen LogP contribution < -0.4 is 15.4 Å². The van der Waals surface area contributed by atoms with Crippen molar-refractivity contribution in [3.63, 3.8) is 0 Å². The Balaban J connectivity index is 1.69. The fraction of sp³-hybridized carbons (Fsp3) is 0.316. The molecule has 2 aromatic rings. The summed E-state index contributed by atoms with van der Waals surface area (Å²) in [6.07, 6.45) is -0.534. The summed E-state index contributed by atoms with van der Waals surface area (Å²) in [5.41, 5.74) is 0.885. The smallest absolute Gasteiger partial charge is 0.251 e. The maximum absolute atomic E-state index is 13.8. The van der Waals surface area contributed by atoms with Crippen molar-refractivity contribution in [2.24, 2.45) is 0 Å². The number of hydrogen-bond donors (Lipinski definition) is 2. The van der Waals surface area contributed by atoms with Crippen LogP contribution >= 0.6 is 0 Å². The van der Waals surface area contributed by atoms with Crippen molar-refractivity contribution in [1.29, 1.82) is 0 Å². The first-order chi connectivity index (χ1) is 12.2.